The monoisotopic (exact) mass is 326 g/mol. The van der Waals surface area contributed by atoms with Crippen molar-refractivity contribution in [2.24, 2.45) is 5.92 Å². The van der Waals surface area contributed by atoms with Crippen molar-refractivity contribution in [3.63, 3.8) is 0 Å². The Kier molecular flexibility index (Phi) is 4.96. The van der Waals surface area contributed by atoms with Crippen molar-refractivity contribution in [3.8, 4) is 0 Å². The molecule has 0 unspecified atom stereocenters. The smallest absolute Gasteiger partial charge is 0.253 e. The molecule has 0 bridgehead atoms. The minimum Gasteiger partial charge on any atom is -0.381 e. The summed E-state index contributed by atoms with van der Waals surface area (Å²) < 4.78 is 18.6. The Morgan fingerprint density at radius 3 is 2.73 bits per heavy atom. The molecule has 2 aliphatic heterocycles. The van der Waals surface area contributed by atoms with E-state index in [2.05, 4.69) is 4.90 Å². The average Bonchev–Trinajstić information content (AvgIpc) is 3.03. The van der Waals surface area contributed by atoms with E-state index in [0.717, 1.165) is 39.3 Å². The minimum atomic E-state index is -0.498. The van der Waals surface area contributed by atoms with Crippen molar-refractivity contribution in [3.05, 3.63) is 34.6 Å². The number of hydrogen-bond donors (Lipinski definition) is 0. The van der Waals surface area contributed by atoms with Crippen LogP contribution >= 0.6 is 11.6 Å². The van der Waals surface area contributed by atoms with Crippen LogP contribution in [0.15, 0.2) is 18.2 Å². The van der Waals surface area contributed by atoms with Crippen LogP contribution < -0.4 is 0 Å². The third kappa shape index (κ3) is 3.59. The fourth-order valence-electron chi connectivity index (χ4n) is 3.04. The molecule has 0 radical (unpaired) electrons. The van der Waals surface area contributed by atoms with Gasteiger partial charge < -0.3 is 9.64 Å². The van der Waals surface area contributed by atoms with E-state index in [-0.39, 0.29) is 10.9 Å². The molecule has 3 rings (SSSR count). The van der Waals surface area contributed by atoms with Gasteiger partial charge in [0.1, 0.15) is 5.82 Å². The van der Waals surface area contributed by atoms with Gasteiger partial charge in [0.15, 0.2) is 0 Å². The van der Waals surface area contributed by atoms with Crippen LogP contribution in [0.4, 0.5) is 4.39 Å². The summed E-state index contributed by atoms with van der Waals surface area (Å²) in [5, 5.41) is -0.00859. The lowest BCUT2D eigenvalue weighted by atomic mass is 10.1. The summed E-state index contributed by atoms with van der Waals surface area (Å²) >= 11 is 5.75. The zero-order valence-electron chi connectivity index (χ0n) is 12.4. The normalized spacial score (nSPS) is 23.0. The lowest BCUT2D eigenvalue weighted by Crippen LogP contribution is -2.49. The van der Waals surface area contributed by atoms with Crippen molar-refractivity contribution in [2.75, 3.05) is 45.9 Å². The molecule has 0 aromatic heterocycles. The Bertz CT molecular complexity index is 541. The molecule has 0 spiro atoms. The SMILES string of the molecule is O=C(c1ccc(F)c(Cl)c1)N1CCN(C[C@H]2CCOC2)CC1. The van der Waals surface area contributed by atoms with Gasteiger partial charge in [-0.1, -0.05) is 11.6 Å². The van der Waals surface area contributed by atoms with Crippen LogP contribution in [-0.2, 0) is 4.74 Å². The zero-order valence-corrected chi connectivity index (χ0v) is 13.2. The molecular formula is C16H20ClFN2O2. The quantitative estimate of drug-likeness (QED) is 0.854. The average molecular weight is 327 g/mol. The highest BCUT2D eigenvalue weighted by molar-refractivity contribution is 6.31. The van der Waals surface area contributed by atoms with Gasteiger partial charge in [0.05, 0.1) is 11.6 Å². The van der Waals surface area contributed by atoms with Crippen LogP contribution in [-0.4, -0.2) is 61.6 Å². The Morgan fingerprint density at radius 2 is 2.09 bits per heavy atom. The fraction of sp³-hybridized carbons (Fsp3) is 0.562. The third-order valence-corrected chi connectivity index (χ3v) is 4.66. The first-order valence-corrected chi connectivity index (χ1v) is 8.05. The van der Waals surface area contributed by atoms with Crippen LogP contribution in [0.3, 0.4) is 0 Å². The molecule has 1 atom stereocenters. The van der Waals surface area contributed by atoms with Gasteiger partial charge in [-0.2, -0.15) is 0 Å². The second kappa shape index (κ2) is 6.94. The lowest BCUT2D eigenvalue weighted by molar-refractivity contribution is 0.0611. The van der Waals surface area contributed by atoms with Gasteiger partial charge in [-0.05, 0) is 30.5 Å². The van der Waals surface area contributed by atoms with Crippen molar-refractivity contribution in [1.29, 1.82) is 0 Å². The van der Waals surface area contributed by atoms with E-state index in [9.17, 15) is 9.18 Å². The second-order valence-corrected chi connectivity index (χ2v) is 6.36. The third-order valence-electron chi connectivity index (χ3n) is 4.37. The van der Waals surface area contributed by atoms with Crippen LogP contribution in [0, 0.1) is 11.7 Å². The molecule has 6 heteroatoms. The van der Waals surface area contributed by atoms with Crippen molar-refractivity contribution >= 4 is 17.5 Å². The van der Waals surface area contributed by atoms with Crippen molar-refractivity contribution in [2.45, 2.75) is 6.42 Å². The number of hydrogen-bond acceptors (Lipinski definition) is 3. The van der Waals surface area contributed by atoms with Crippen LogP contribution in [0.5, 0.6) is 0 Å². The molecule has 1 amide bonds. The standard InChI is InChI=1S/C16H20ClFN2O2/c17-14-9-13(1-2-15(14)18)16(21)20-6-4-19(5-7-20)10-12-3-8-22-11-12/h1-2,9,12H,3-8,10-11H2/t12-/m1/s1. The van der Waals surface area contributed by atoms with E-state index in [1.807, 2.05) is 4.90 Å². The van der Waals surface area contributed by atoms with E-state index in [0.29, 0.717) is 24.6 Å². The first-order chi connectivity index (χ1) is 10.6. The van der Waals surface area contributed by atoms with Gasteiger partial charge in [-0.25, -0.2) is 4.39 Å². The highest BCUT2D eigenvalue weighted by Gasteiger charge is 2.25. The predicted octanol–water partition coefficient (Wildman–Crippen LogP) is 2.27. The van der Waals surface area contributed by atoms with E-state index in [1.165, 1.54) is 18.2 Å². The van der Waals surface area contributed by atoms with Crippen molar-refractivity contribution < 1.29 is 13.9 Å². The molecule has 1 aromatic rings. The number of carbonyl (C=O) groups is 1. The Morgan fingerprint density at radius 1 is 1.32 bits per heavy atom. The van der Waals surface area contributed by atoms with Crippen molar-refractivity contribution in [1.82, 2.24) is 9.80 Å². The number of benzene rings is 1. The maximum absolute atomic E-state index is 13.2. The van der Waals surface area contributed by atoms with E-state index >= 15 is 0 Å². The molecule has 4 nitrogen and oxygen atoms in total. The molecule has 1 aromatic carbocycles. The number of ether oxygens (including phenoxy) is 1. The molecule has 0 saturated carbocycles. The first kappa shape index (κ1) is 15.7. The van der Waals surface area contributed by atoms with Gasteiger partial charge in [0.25, 0.3) is 5.91 Å². The summed E-state index contributed by atoms with van der Waals surface area (Å²) in [6.45, 7) is 5.91. The van der Waals surface area contributed by atoms with E-state index < -0.39 is 5.82 Å². The molecule has 0 N–H and O–H groups in total. The zero-order chi connectivity index (χ0) is 15.5. The maximum Gasteiger partial charge on any atom is 0.253 e. The number of carbonyl (C=O) groups excluding carboxylic acids is 1. The topological polar surface area (TPSA) is 32.8 Å². The summed E-state index contributed by atoms with van der Waals surface area (Å²) in [5.41, 5.74) is 0.448. The van der Waals surface area contributed by atoms with Gasteiger partial charge in [0, 0.05) is 44.9 Å². The number of rotatable bonds is 3. The highest BCUT2D eigenvalue weighted by Crippen LogP contribution is 2.19. The molecule has 2 saturated heterocycles. The van der Waals surface area contributed by atoms with Crippen LogP contribution in [0.25, 0.3) is 0 Å². The maximum atomic E-state index is 13.2. The molecule has 0 aliphatic carbocycles. The van der Waals surface area contributed by atoms with E-state index in [4.69, 9.17) is 16.3 Å². The van der Waals surface area contributed by atoms with Crippen LogP contribution in [0.1, 0.15) is 16.8 Å². The molecule has 2 heterocycles. The number of nitrogens with zero attached hydrogens (tertiary/aromatic N) is 2. The lowest BCUT2D eigenvalue weighted by Gasteiger charge is -2.35. The summed E-state index contributed by atoms with van der Waals surface area (Å²) in [6, 6.07) is 4.14. The van der Waals surface area contributed by atoms with E-state index in [1.54, 1.807) is 0 Å². The van der Waals surface area contributed by atoms with Gasteiger partial charge in [0.2, 0.25) is 0 Å². The molecule has 22 heavy (non-hydrogen) atoms. The van der Waals surface area contributed by atoms with Crippen LogP contribution in [0.2, 0.25) is 5.02 Å². The number of piperazine rings is 1. The predicted molar refractivity (Wildman–Crippen MR) is 82.7 cm³/mol. The van der Waals surface area contributed by atoms with Gasteiger partial charge >= 0.3 is 0 Å². The summed E-state index contributed by atoms with van der Waals surface area (Å²) in [4.78, 5) is 16.6. The first-order valence-electron chi connectivity index (χ1n) is 7.68. The second-order valence-electron chi connectivity index (χ2n) is 5.95. The minimum absolute atomic E-state index is 0.00859. The largest absolute Gasteiger partial charge is 0.381 e. The summed E-state index contributed by atoms with van der Waals surface area (Å²) in [6.07, 6.45) is 1.13. The van der Waals surface area contributed by atoms with Gasteiger partial charge in [-0.3, -0.25) is 9.69 Å². The van der Waals surface area contributed by atoms with Gasteiger partial charge in [-0.15, -0.1) is 0 Å². The molecule has 120 valence electrons. The Labute approximate surface area is 134 Å². The summed E-state index contributed by atoms with van der Waals surface area (Å²) in [7, 11) is 0. The molecule has 2 aliphatic rings. The summed E-state index contributed by atoms with van der Waals surface area (Å²) in [5.74, 6) is 0.0470. The number of amides is 1. The Hall–Kier alpha value is -1.17. The fourth-order valence-corrected chi connectivity index (χ4v) is 3.22. The Balaban J connectivity index is 1.53. The molecule has 2 fully saturated rings. The highest BCUT2D eigenvalue weighted by atomic mass is 35.5. The number of halogens is 2. The molecular weight excluding hydrogens is 307 g/mol.